The first-order chi connectivity index (χ1) is 13.3. The lowest BCUT2D eigenvalue weighted by molar-refractivity contribution is 0.0501. The zero-order valence-corrected chi connectivity index (χ0v) is 16.3. The standard InChI is InChI=1S/C22H26N2O2S/c25-11-7-20-16-23(9-10-24(20)14-18-8-13-27-17-18)15-19-4-1-2-5-21(19)22-6-3-12-26-22/h1-6,8,12-13,17,20,25H,7,9-11,14-16H2/t20-/m0/s1. The van der Waals surface area contributed by atoms with Crippen LogP contribution in [0.1, 0.15) is 17.5 Å². The number of hydrogen-bond donors (Lipinski definition) is 1. The van der Waals surface area contributed by atoms with Gasteiger partial charge in [-0.15, -0.1) is 0 Å². The Hall–Kier alpha value is -1.92. The summed E-state index contributed by atoms with van der Waals surface area (Å²) >= 11 is 1.75. The molecule has 3 heterocycles. The van der Waals surface area contributed by atoms with Crippen LogP contribution in [-0.4, -0.2) is 47.2 Å². The van der Waals surface area contributed by atoms with Crippen molar-refractivity contribution >= 4 is 11.3 Å². The van der Waals surface area contributed by atoms with Crippen LogP contribution in [0.15, 0.2) is 63.9 Å². The van der Waals surface area contributed by atoms with Crippen LogP contribution in [0, 0.1) is 0 Å². The summed E-state index contributed by atoms with van der Waals surface area (Å²) < 4.78 is 5.63. The number of piperazine rings is 1. The van der Waals surface area contributed by atoms with Gasteiger partial charge in [0, 0.05) is 50.9 Å². The summed E-state index contributed by atoms with van der Waals surface area (Å²) in [5.41, 5.74) is 3.84. The molecule has 4 rings (SSSR count). The lowest BCUT2D eigenvalue weighted by Gasteiger charge is -2.41. The Morgan fingerprint density at radius 3 is 2.78 bits per heavy atom. The van der Waals surface area contributed by atoms with E-state index < -0.39 is 0 Å². The summed E-state index contributed by atoms with van der Waals surface area (Å²) in [7, 11) is 0. The maximum atomic E-state index is 9.55. The minimum atomic E-state index is 0.238. The van der Waals surface area contributed by atoms with E-state index in [9.17, 15) is 5.11 Å². The monoisotopic (exact) mass is 382 g/mol. The van der Waals surface area contributed by atoms with Gasteiger partial charge in [-0.25, -0.2) is 0 Å². The highest BCUT2D eigenvalue weighted by Crippen LogP contribution is 2.26. The first-order valence-corrected chi connectivity index (χ1v) is 10.5. The Morgan fingerprint density at radius 1 is 1.07 bits per heavy atom. The molecule has 0 radical (unpaired) electrons. The average molecular weight is 383 g/mol. The second-order valence-electron chi connectivity index (χ2n) is 7.14. The molecular formula is C22H26N2O2S. The third-order valence-electron chi connectivity index (χ3n) is 5.31. The molecule has 142 valence electrons. The number of benzene rings is 1. The minimum absolute atomic E-state index is 0.238. The van der Waals surface area contributed by atoms with E-state index in [0.29, 0.717) is 6.04 Å². The van der Waals surface area contributed by atoms with E-state index in [1.807, 2.05) is 12.1 Å². The van der Waals surface area contributed by atoms with Crippen molar-refractivity contribution in [2.45, 2.75) is 25.6 Å². The minimum Gasteiger partial charge on any atom is -0.464 e. The summed E-state index contributed by atoms with van der Waals surface area (Å²) in [6.07, 6.45) is 2.55. The molecule has 1 atom stereocenters. The summed E-state index contributed by atoms with van der Waals surface area (Å²) in [6, 6.07) is 15.0. The quantitative estimate of drug-likeness (QED) is 0.668. The Kier molecular flexibility index (Phi) is 6.04. The van der Waals surface area contributed by atoms with Gasteiger partial charge in [0.05, 0.1) is 6.26 Å². The third kappa shape index (κ3) is 4.50. The van der Waals surface area contributed by atoms with Crippen LogP contribution >= 0.6 is 11.3 Å². The van der Waals surface area contributed by atoms with Gasteiger partial charge in [0.1, 0.15) is 5.76 Å². The first kappa shape index (κ1) is 18.4. The van der Waals surface area contributed by atoms with Crippen molar-refractivity contribution in [3.05, 3.63) is 70.6 Å². The van der Waals surface area contributed by atoms with Gasteiger partial charge in [-0.05, 0) is 46.5 Å². The van der Waals surface area contributed by atoms with Gasteiger partial charge >= 0.3 is 0 Å². The fraction of sp³-hybridized carbons (Fsp3) is 0.364. The molecule has 0 amide bonds. The summed E-state index contributed by atoms with van der Waals surface area (Å²) in [5, 5.41) is 13.9. The molecular weight excluding hydrogens is 356 g/mol. The molecule has 4 nitrogen and oxygen atoms in total. The van der Waals surface area contributed by atoms with Crippen molar-refractivity contribution in [2.24, 2.45) is 0 Å². The third-order valence-corrected chi connectivity index (χ3v) is 6.05. The molecule has 1 aliphatic heterocycles. The van der Waals surface area contributed by atoms with Crippen molar-refractivity contribution in [3.63, 3.8) is 0 Å². The zero-order valence-electron chi connectivity index (χ0n) is 15.5. The maximum absolute atomic E-state index is 9.55. The lowest BCUT2D eigenvalue weighted by Crippen LogP contribution is -2.52. The summed E-state index contributed by atoms with van der Waals surface area (Å²) in [4.78, 5) is 5.03. The topological polar surface area (TPSA) is 39.9 Å². The number of nitrogens with zero attached hydrogens (tertiary/aromatic N) is 2. The fourth-order valence-electron chi connectivity index (χ4n) is 3.92. The summed E-state index contributed by atoms with van der Waals surface area (Å²) in [6.45, 7) is 5.18. The second-order valence-corrected chi connectivity index (χ2v) is 7.92. The molecule has 0 saturated carbocycles. The second kappa shape index (κ2) is 8.85. The summed E-state index contributed by atoms with van der Waals surface area (Å²) in [5.74, 6) is 0.925. The normalized spacial score (nSPS) is 18.8. The Labute approximate surface area is 164 Å². The van der Waals surface area contributed by atoms with Crippen LogP contribution < -0.4 is 0 Å². The van der Waals surface area contributed by atoms with Crippen molar-refractivity contribution < 1.29 is 9.52 Å². The number of aliphatic hydroxyl groups is 1. The van der Waals surface area contributed by atoms with Crippen molar-refractivity contribution in [2.75, 3.05) is 26.2 Å². The highest BCUT2D eigenvalue weighted by atomic mass is 32.1. The predicted molar refractivity (Wildman–Crippen MR) is 110 cm³/mol. The van der Waals surface area contributed by atoms with E-state index in [0.717, 1.165) is 44.9 Å². The zero-order chi connectivity index (χ0) is 18.5. The Balaban J connectivity index is 1.45. The molecule has 2 aromatic heterocycles. The molecule has 0 spiro atoms. The molecule has 1 fully saturated rings. The number of thiophene rings is 1. The van der Waals surface area contributed by atoms with Crippen molar-refractivity contribution in [1.29, 1.82) is 0 Å². The number of aliphatic hydroxyl groups excluding tert-OH is 1. The highest BCUT2D eigenvalue weighted by molar-refractivity contribution is 7.07. The molecule has 0 bridgehead atoms. The van der Waals surface area contributed by atoms with Gasteiger partial charge in [0.2, 0.25) is 0 Å². The SMILES string of the molecule is OCC[C@H]1CN(Cc2ccccc2-c2ccco2)CCN1Cc1ccsc1. The van der Waals surface area contributed by atoms with Crippen molar-refractivity contribution in [1.82, 2.24) is 9.80 Å². The van der Waals surface area contributed by atoms with Gasteiger partial charge in [-0.3, -0.25) is 9.80 Å². The van der Waals surface area contributed by atoms with Gasteiger partial charge in [0.15, 0.2) is 0 Å². The van der Waals surface area contributed by atoms with Gasteiger partial charge < -0.3 is 9.52 Å². The predicted octanol–water partition coefficient (Wildman–Crippen LogP) is 4.08. The van der Waals surface area contributed by atoms with Gasteiger partial charge in [0.25, 0.3) is 0 Å². The van der Waals surface area contributed by atoms with E-state index in [1.165, 1.54) is 16.7 Å². The lowest BCUT2D eigenvalue weighted by atomic mass is 10.0. The molecule has 0 unspecified atom stereocenters. The number of furan rings is 1. The van der Waals surface area contributed by atoms with Crippen LogP contribution in [0.2, 0.25) is 0 Å². The van der Waals surface area contributed by atoms with E-state index in [1.54, 1.807) is 17.6 Å². The Morgan fingerprint density at radius 2 is 2.00 bits per heavy atom. The molecule has 1 saturated heterocycles. The maximum Gasteiger partial charge on any atom is 0.134 e. The molecule has 27 heavy (non-hydrogen) atoms. The van der Waals surface area contributed by atoms with Gasteiger partial charge in [-0.2, -0.15) is 11.3 Å². The first-order valence-electron chi connectivity index (χ1n) is 9.53. The largest absolute Gasteiger partial charge is 0.464 e. The fourth-order valence-corrected chi connectivity index (χ4v) is 4.58. The van der Waals surface area contributed by atoms with E-state index >= 15 is 0 Å². The molecule has 1 aliphatic rings. The van der Waals surface area contributed by atoms with Crippen LogP contribution in [0.4, 0.5) is 0 Å². The van der Waals surface area contributed by atoms with E-state index in [2.05, 4.69) is 50.9 Å². The Bertz CT molecular complexity index is 817. The molecule has 0 aliphatic carbocycles. The molecule has 1 N–H and O–H groups in total. The number of rotatable bonds is 7. The van der Waals surface area contributed by atoms with Gasteiger partial charge in [-0.1, -0.05) is 24.3 Å². The van der Waals surface area contributed by atoms with Crippen LogP contribution in [0.25, 0.3) is 11.3 Å². The van der Waals surface area contributed by atoms with Crippen LogP contribution in [0.5, 0.6) is 0 Å². The van der Waals surface area contributed by atoms with Crippen LogP contribution in [-0.2, 0) is 13.1 Å². The van der Waals surface area contributed by atoms with Crippen molar-refractivity contribution in [3.8, 4) is 11.3 Å². The highest BCUT2D eigenvalue weighted by Gasteiger charge is 2.27. The molecule has 5 heteroatoms. The average Bonchev–Trinajstić information content (AvgIpc) is 3.39. The smallest absolute Gasteiger partial charge is 0.134 e. The number of hydrogen-bond acceptors (Lipinski definition) is 5. The van der Waals surface area contributed by atoms with E-state index in [4.69, 9.17) is 4.42 Å². The molecule has 3 aromatic rings. The van der Waals surface area contributed by atoms with Crippen LogP contribution in [0.3, 0.4) is 0 Å². The van der Waals surface area contributed by atoms with E-state index in [-0.39, 0.29) is 6.61 Å². The molecule has 1 aromatic carbocycles.